The average Bonchev–Trinajstić information content (AvgIpc) is 2.35. The van der Waals surface area contributed by atoms with Gasteiger partial charge in [-0.1, -0.05) is 18.2 Å². The van der Waals surface area contributed by atoms with E-state index in [-0.39, 0.29) is 23.2 Å². The molecule has 0 saturated carbocycles. The Bertz CT molecular complexity index is 577. The van der Waals surface area contributed by atoms with Crippen molar-refractivity contribution in [2.24, 2.45) is 4.99 Å². The Morgan fingerprint density at radius 1 is 1.41 bits per heavy atom. The van der Waals surface area contributed by atoms with E-state index < -0.39 is 0 Å². The Labute approximate surface area is 102 Å². The van der Waals surface area contributed by atoms with Gasteiger partial charge in [0.15, 0.2) is 0 Å². The first kappa shape index (κ1) is 10.4. The number of carbonyl (C=O) groups is 1. The number of fused-ring (bicyclic) bond motifs is 1. The monoisotopic (exact) mass is 243 g/mol. The molecular weight excluding hydrogens is 234 g/mol. The number of hydrogen-bond donors (Lipinski definition) is 0. The van der Waals surface area contributed by atoms with Crippen molar-refractivity contribution in [1.29, 1.82) is 0 Å². The maximum atomic E-state index is 11.6. The van der Waals surface area contributed by atoms with Crippen molar-refractivity contribution in [2.75, 3.05) is 0 Å². The molecule has 3 rings (SSSR count). The lowest BCUT2D eigenvalue weighted by atomic mass is 10.00. The molecule has 0 saturated heterocycles. The van der Waals surface area contributed by atoms with Crippen molar-refractivity contribution in [2.45, 2.75) is 18.1 Å². The third-order valence-electron chi connectivity index (χ3n) is 2.91. The SMILES string of the molecule is [N-]=[N+]=C1CC2=C(CC1=O)N=C1C=CC=CC1S2. The summed E-state index contributed by atoms with van der Waals surface area (Å²) in [4.78, 5) is 20.2. The number of aliphatic imine (C=N–C) groups is 1. The summed E-state index contributed by atoms with van der Waals surface area (Å²) in [5, 5.41) is 0.229. The van der Waals surface area contributed by atoms with Crippen LogP contribution in [0.25, 0.3) is 5.53 Å². The summed E-state index contributed by atoms with van der Waals surface area (Å²) in [7, 11) is 0. The van der Waals surface area contributed by atoms with Gasteiger partial charge >= 0.3 is 5.71 Å². The Hall–Kier alpha value is -1.71. The molecule has 2 aliphatic carbocycles. The van der Waals surface area contributed by atoms with Gasteiger partial charge in [-0.15, -0.1) is 11.8 Å². The number of ketones is 1. The molecule has 1 aliphatic heterocycles. The molecule has 1 heterocycles. The second kappa shape index (κ2) is 3.95. The summed E-state index contributed by atoms with van der Waals surface area (Å²) < 4.78 is 0. The van der Waals surface area contributed by atoms with E-state index in [1.807, 2.05) is 18.2 Å². The van der Waals surface area contributed by atoms with Crippen LogP contribution in [0.15, 0.2) is 39.9 Å². The van der Waals surface area contributed by atoms with E-state index in [2.05, 4.69) is 15.9 Å². The van der Waals surface area contributed by atoms with E-state index in [0.717, 1.165) is 16.3 Å². The Kier molecular flexibility index (Phi) is 2.42. The van der Waals surface area contributed by atoms with Crippen molar-refractivity contribution in [3.05, 3.63) is 40.4 Å². The molecule has 0 amide bonds. The van der Waals surface area contributed by atoms with Crippen molar-refractivity contribution in [3.63, 3.8) is 0 Å². The highest BCUT2D eigenvalue weighted by Gasteiger charge is 2.34. The maximum absolute atomic E-state index is 11.6. The first-order valence-corrected chi connectivity index (χ1v) is 6.22. The predicted octanol–water partition coefficient (Wildman–Crippen LogP) is 1.91. The third kappa shape index (κ3) is 1.73. The van der Waals surface area contributed by atoms with Crippen LogP contribution >= 0.6 is 11.8 Å². The van der Waals surface area contributed by atoms with Crippen molar-refractivity contribution in [3.8, 4) is 0 Å². The van der Waals surface area contributed by atoms with E-state index in [9.17, 15) is 4.79 Å². The zero-order chi connectivity index (χ0) is 11.8. The molecule has 0 bridgehead atoms. The van der Waals surface area contributed by atoms with Crippen LogP contribution < -0.4 is 0 Å². The van der Waals surface area contributed by atoms with Gasteiger partial charge in [-0.25, -0.2) is 0 Å². The van der Waals surface area contributed by atoms with Gasteiger partial charge in [0, 0.05) is 4.91 Å². The van der Waals surface area contributed by atoms with Crippen LogP contribution in [0.2, 0.25) is 0 Å². The van der Waals surface area contributed by atoms with Crippen LogP contribution in [0.1, 0.15) is 12.8 Å². The van der Waals surface area contributed by atoms with E-state index in [4.69, 9.17) is 5.53 Å². The number of thioether (sulfide) groups is 1. The topological polar surface area (TPSA) is 65.8 Å². The molecule has 0 N–H and O–H groups in total. The summed E-state index contributed by atoms with van der Waals surface area (Å²) in [6.07, 6.45) is 8.65. The van der Waals surface area contributed by atoms with E-state index in [1.54, 1.807) is 11.8 Å². The Balaban J connectivity index is 2.01. The molecule has 17 heavy (non-hydrogen) atoms. The summed E-state index contributed by atoms with van der Waals surface area (Å²) in [6.45, 7) is 0. The molecule has 1 atom stereocenters. The zero-order valence-corrected chi connectivity index (χ0v) is 9.78. The van der Waals surface area contributed by atoms with E-state index in [0.29, 0.717) is 6.42 Å². The standard InChI is InChI=1S/C12H9N3OS/c13-15-8-6-12-9(5-10(8)16)14-7-3-1-2-4-11(7)17-12/h1-4,11H,5-6H2. The normalized spacial score (nSPS) is 26.4. The summed E-state index contributed by atoms with van der Waals surface area (Å²) in [5.41, 5.74) is 10.8. The molecular formula is C12H9N3OS. The van der Waals surface area contributed by atoms with Gasteiger partial charge in [-0.3, -0.25) is 9.79 Å². The first-order valence-electron chi connectivity index (χ1n) is 5.34. The molecule has 0 spiro atoms. The van der Waals surface area contributed by atoms with Crippen LogP contribution in [0, 0.1) is 0 Å². The lowest BCUT2D eigenvalue weighted by Gasteiger charge is -2.25. The van der Waals surface area contributed by atoms with Gasteiger partial charge in [0.2, 0.25) is 5.78 Å². The minimum absolute atomic E-state index is 0.134. The summed E-state index contributed by atoms with van der Waals surface area (Å²) in [5.74, 6) is -0.134. The van der Waals surface area contributed by atoms with Crippen LogP contribution in [0.5, 0.6) is 0 Å². The minimum atomic E-state index is -0.134. The summed E-state index contributed by atoms with van der Waals surface area (Å²) in [6, 6.07) is 0. The second-order valence-corrected chi connectivity index (χ2v) is 5.25. The smallest absolute Gasteiger partial charge is 0.339 e. The molecule has 84 valence electrons. The highest BCUT2D eigenvalue weighted by Crippen LogP contribution is 2.39. The number of Topliss-reactive ketones (excluding diaryl/α,β-unsaturated/α-hetero) is 1. The van der Waals surface area contributed by atoms with Gasteiger partial charge < -0.3 is 5.53 Å². The van der Waals surface area contributed by atoms with Gasteiger partial charge in [0.05, 0.1) is 29.5 Å². The van der Waals surface area contributed by atoms with Crippen molar-refractivity contribution < 1.29 is 9.58 Å². The van der Waals surface area contributed by atoms with Crippen LogP contribution in [0.3, 0.4) is 0 Å². The lowest BCUT2D eigenvalue weighted by Crippen LogP contribution is -2.27. The number of nitrogens with zero attached hydrogens (tertiary/aromatic N) is 3. The maximum Gasteiger partial charge on any atom is 0.339 e. The summed E-state index contributed by atoms with van der Waals surface area (Å²) >= 11 is 1.69. The van der Waals surface area contributed by atoms with Gasteiger partial charge in [-0.05, 0) is 6.08 Å². The Morgan fingerprint density at radius 2 is 2.29 bits per heavy atom. The number of hydrogen-bond acceptors (Lipinski definition) is 3. The molecule has 1 unspecified atom stereocenters. The van der Waals surface area contributed by atoms with Crippen LogP contribution in [-0.2, 0) is 4.79 Å². The molecule has 0 radical (unpaired) electrons. The molecule has 0 fully saturated rings. The minimum Gasteiger partial charge on any atom is -0.361 e. The zero-order valence-electron chi connectivity index (χ0n) is 8.96. The largest absolute Gasteiger partial charge is 0.361 e. The van der Waals surface area contributed by atoms with Gasteiger partial charge in [0.25, 0.3) is 0 Å². The van der Waals surface area contributed by atoms with Crippen molar-refractivity contribution >= 4 is 29.0 Å². The lowest BCUT2D eigenvalue weighted by molar-refractivity contribution is -0.117. The fourth-order valence-electron chi connectivity index (χ4n) is 2.03. The number of rotatable bonds is 0. The highest BCUT2D eigenvalue weighted by molar-refractivity contribution is 8.04. The molecule has 0 aromatic heterocycles. The molecule has 0 aromatic rings. The predicted molar refractivity (Wildman–Crippen MR) is 67.0 cm³/mol. The van der Waals surface area contributed by atoms with Crippen LogP contribution in [-0.4, -0.2) is 27.2 Å². The quantitative estimate of drug-likeness (QED) is 0.482. The fraction of sp³-hybridized carbons (Fsp3) is 0.250. The van der Waals surface area contributed by atoms with E-state index >= 15 is 0 Å². The van der Waals surface area contributed by atoms with Crippen molar-refractivity contribution in [1.82, 2.24) is 0 Å². The van der Waals surface area contributed by atoms with Gasteiger partial charge in [-0.2, -0.15) is 4.79 Å². The average molecular weight is 243 g/mol. The van der Waals surface area contributed by atoms with Crippen LogP contribution in [0.4, 0.5) is 0 Å². The number of allylic oxidation sites excluding steroid dienone is 5. The number of carbonyl (C=O) groups excluding carboxylic acids is 1. The van der Waals surface area contributed by atoms with Gasteiger partial charge in [0.1, 0.15) is 0 Å². The molecule has 4 nitrogen and oxygen atoms in total. The molecule has 5 heteroatoms. The molecule has 0 aromatic carbocycles. The molecule has 3 aliphatic rings. The second-order valence-electron chi connectivity index (χ2n) is 4.01. The van der Waals surface area contributed by atoms with E-state index in [1.165, 1.54) is 0 Å². The highest BCUT2D eigenvalue weighted by atomic mass is 32.2. The first-order chi connectivity index (χ1) is 8.28. The third-order valence-corrected chi connectivity index (χ3v) is 4.23. The fourth-order valence-corrected chi connectivity index (χ4v) is 3.23. The Morgan fingerprint density at radius 3 is 3.12 bits per heavy atom.